The van der Waals surface area contributed by atoms with Crippen molar-refractivity contribution in [3.63, 3.8) is 0 Å². The van der Waals surface area contributed by atoms with Crippen LogP contribution < -0.4 is 0 Å². The van der Waals surface area contributed by atoms with Crippen LogP contribution >= 0.6 is 23.1 Å². The van der Waals surface area contributed by atoms with Crippen molar-refractivity contribution < 1.29 is 0 Å². The van der Waals surface area contributed by atoms with Crippen molar-refractivity contribution in [2.45, 2.75) is 38.2 Å². The van der Waals surface area contributed by atoms with Gasteiger partial charge in [0.05, 0.1) is 0 Å². The second-order valence-electron chi connectivity index (χ2n) is 4.65. The van der Waals surface area contributed by atoms with Gasteiger partial charge in [-0.15, -0.1) is 23.1 Å². The number of hydrogen-bond donors (Lipinski definition) is 0. The van der Waals surface area contributed by atoms with Gasteiger partial charge < -0.3 is 0 Å². The highest BCUT2D eigenvalue weighted by Crippen LogP contribution is 2.57. The minimum Gasteiger partial charge on any atom is -0.148 e. The summed E-state index contributed by atoms with van der Waals surface area (Å²) in [6, 6.07) is 2.35. The summed E-state index contributed by atoms with van der Waals surface area (Å²) in [6.07, 6.45) is 0. The summed E-state index contributed by atoms with van der Waals surface area (Å²) >= 11 is 4.08. The molecule has 1 aliphatic heterocycles. The van der Waals surface area contributed by atoms with Gasteiger partial charge in [0.1, 0.15) is 0 Å². The zero-order valence-electron chi connectivity index (χ0n) is 9.33. The Hall–Kier alpha value is 0.0500. The van der Waals surface area contributed by atoms with Gasteiger partial charge >= 0.3 is 0 Å². The van der Waals surface area contributed by atoms with Gasteiger partial charge in [0.15, 0.2) is 0 Å². The first-order chi connectivity index (χ1) is 6.59. The van der Waals surface area contributed by atoms with Gasteiger partial charge in [-0.2, -0.15) is 0 Å². The van der Waals surface area contributed by atoms with Gasteiger partial charge in [-0.25, -0.2) is 0 Å². The number of thioether (sulfide) groups is 1. The third-order valence-corrected chi connectivity index (χ3v) is 6.50. The lowest BCUT2D eigenvalue weighted by molar-refractivity contribution is 0.347. The highest BCUT2D eigenvalue weighted by atomic mass is 32.2. The predicted molar refractivity (Wildman–Crippen MR) is 67.0 cm³/mol. The molecule has 0 aromatic carbocycles. The minimum atomic E-state index is 0.384. The fraction of sp³-hybridized carbons (Fsp3) is 0.667. The van der Waals surface area contributed by atoms with Crippen molar-refractivity contribution in [2.75, 3.05) is 0 Å². The monoisotopic (exact) mass is 226 g/mol. The molecule has 14 heavy (non-hydrogen) atoms. The van der Waals surface area contributed by atoms with Gasteiger partial charge in [0.25, 0.3) is 0 Å². The average molecular weight is 226 g/mol. The number of rotatable bonds is 2. The van der Waals surface area contributed by atoms with E-state index >= 15 is 0 Å². The highest BCUT2D eigenvalue weighted by Gasteiger charge is 2.45. The zero-order chi connectivity index (χ0) is 10.3. The molecule has 0 unspecified atom stereocenters. The largest absolute Gasteiger partial charge is 0.148 e. The molecule has 0 bridgehead atoms. The molecule has 2 heterocycles. The average Bonchev–Trinajstić information content (AvgIpc) is 2.60. The second-order valence-corrected chi connectivity index (χ2v) is 6.90. The van der Waals surface area contributed by atoms with E-state index in [1.165, 1.54) is 5.75 Å². The van der Waals surface area contributed by atoms with Crippen LogP contribution in [0.15, 0.2) is 11.4 Å². The third-order valence-electron chi connectivity index (χ3n) is 3.32. The summed E-state index contributed by atoms with van der Waals surface area (Å²) in [5.74, 6) is 2.68. The molecule has 0 saturated carbocycles. The Morgan fingerprint density at radius 2 is 1.86 bits per heavy atom. The molecule has 1 aliphatic rings. The molecule has 2 rings (SSSR count). The lowest BCUT2D eigenvalue weighted by atomic mass is 9.79. The van der Waals surface area contributed by atoms with Crippen molar-refractivity contribution in [1.82, 2.24) is 0 Å². The van der Waals surface area contributed by atoms with Crippen LogP contribution in [0.3, 0.4) is 0 Å². The molecule has 2 heteroatoms. The first-order valence-electron chi connectivity index (χ1n) is 5.29. The normalized spacial score (nSPS) is 19.3. The molecular formula is C12H18S2. The lowest BCUT2D eigenvalue weighted by Gasteiger charge is -2.37. The summed E-state index contributed by atoms with van der Waals surface area (Å²) in [6.45, 7) is 9.44. The van der Waals surface area contributed by atoms with Gasteiger partial charge in [-0.05, 0) is 28.8 Å². The van der Waals surface area contributed by atoms with Crippen LogP contribution in [-0.4, -0.2) is 0 Å². The Labute approximate surface area is 95.1 Å². The van der Waals surface area contributed by atoms with E-state index in [-0.39, 0.29) is 0 Å². The van der Waals surface area contributed by atoms with E-state index < -0.39 is 0 Å². The summed E-state index contributed by atoms with van der Waals surface area (Å²) in [7, 11) is 0. The van der Waals surface area contributed by atoms with Crippen molar-refractivity contribution in [2.24, 2.45) is 11.8 Å². The summed E-state index contributed by atoms with van der Waals surface area (Å²) < 4.78 is 0.384. The molecule has 0 N–H and O–H groups in total. The van der Waals surface area contributed by atoms with Crippen molar-refractivity contribution >= 4 is 23.1 Å². The maximum absolute atomic E-state index is 2.36. The minimum absolute atomic E-state index is 0.384. The highest BCUT2D eigenvalue weighted by molar-refractivity contribution is 8.00. The summed E-state index contributed by atoms with van der Waals surface area (Å²) in [5, 5.41) is 2.25. The van der Waals surface area contributed by atoms with E-state index in [0.717, 1.165) is 11.8 Å². The first kappa shape index (κ1) is 10.6. The van der Waals surface area contributed by atoms with Crippen LogP contribution in [0.5, 0.6) is 0 Å². The van der Waals surface area contributed by atoms with Gasteiger partial charge in [0.2, 0.25) is 0 Å². The van der Waals surface area contributed by atoms with E-state index in [1.807, 2.05) is 11.3 Å². The number of hydrogen-bond acceptors (Lipinski definition) is 2. The number of fused-ring (bicyclic) bond motifs is 1. The number of thiophene rings is 1. The summed E-state index contributed by atoms with van der Waals surface area (Å²) in [4.78, 5) is 1.61. The van der Waals surface area contributed by atoms with E-state index in [9.17, 15) is 0 Å². The molecule has 0 spiro atoms. The van der Waals surface area contributed by atoms with Crippen molar-refractivity contribution in [3.8, 4) is 0 Å². The lowest BCUT2D eigenvalue weighted by Crippen LogP contribution is -2.31. The van der Waals surface area contributed by atoms with Crippen molar-refractivity contribution in [3.05, 3.63) is 21.9 Å². The Morgan fingerprint density at radius 3 is 2.43 bits per heavy atom. The molecule has 0 nitrogen and oxygen atoms in total. The quantitative estimate of drug-likeness (QED) is 0.715. The topological polar surface area (TPSA) is 0 Å². The zero-order valence-corrected chi connectivity index (χ0v) is 11.0. The Balaban J connectivity index is 2.50. The fourth-order valence-corrected chi connectivity index (χ4v) is 5.47. The van der Waals surface area contributed by atoms with E-state index in [1.54, 1.807) is 10.4 Å². The van der Waals surface area contributed by atoms with Gasteiger partial charge in [0, 0.05) is 15.4 Å². The molecule has 0 aliphatic carbocycles. The maximum atomic E-state index is 2.36. The smallest absolute Gasteiger partial charge is 0.0468 e. The Morgan fingerprint density at radius 1 is 1.21 bits per heavy atom. The molecule has 0 saturated heterocycles. The van der Waals surface area contributed by atoms with Crippen LogP contribution in [0.1, 0.15) is 38.1 Å². The third kappa shape index (κ3) is 1.27. The van der Waals surface area contributed by atoms with E-state index in [0.29, 0.717) is 4.75 Å². The first-order valence-corrected chi connectivity index (χ1v) is 7.16. The van der Waals surface area contributed by atoms with Crippen LogP contribution in [0.2, 0.25) is 0 Å². The Bertz CT molecular complexity index is 315. The maximum Gasteiger partial charge on any atom is 0.0468 e. The van der Waals surface area contributed by atoms with Crippen LogP contribution in [0, 0.1) is 11.8 Å². The van der Waals surface area contributed by atoms with Crippen LogP contribution in [0.4, 0.5) is 0 Å². The summed E-state index contributed by atoms with van der Waals surface area (Å²) in [5.41, 5.74) is 1.62. The second kappa shape index (κ2) is 3.57. The van der Waals surface area contributed by atoms with E-state index in [2.05, 4.69) is 50.9 Å². The standard InChI is InChI=1S/C12H18S2/c1-8(2)12(9(3)4)10-5-6-13-11(10)7-14-12/h5-6,8-9H,7H2,1-4H3. The Kier molecular flexibility index (Phi) is 2.69. The van der Waals surface area contributed by atoms with E-state index in [4.69, 9.17) is 0 Å². The molecule has 78 valence electrons. The van der Waals surface area contributed by atoms with Crippen LogP contribution in [-0.2, 0) is 10.5 Å². The fourth-order valence-electron chi connectivity index (χ4n) is 2.69. The molecule has 0 amide bonds. The molecule has 1 aromatic heterocycles. The molecule has 0 atom stereocenters. The SMILES string of the molecule is CC(C)C1(C(C)C)SCc2sccc21. The van der Waals surface area contributed by atoms with Crippen LogP contribution in [0.25, 0.3) is 0 Å². The molecular weight excluding hydrogens is 208 g/mol. The van der Waals surface area contributed by atoms with Gasteiger partial charge in [-0.1, -0.05) is 27.7 Å². The molecule has 0 fully saturated rings. The van der Waals surface area contributed by atoms with Crippen molar-refractivity contribution in [1.29, 1.82) is 0 Å². The molecule has 0 radical (unpaired) electrons. The predicted octanol–water partition coefficient (Wildman–Crippen LogP) is 4.50. The van der Waals surface area contributed by atoms with Gasteiger partial charge in [-0.3, -0.25) is 0 Å². The molecule has 1 aromatic rings.